The van der Waals surface area contributed by atoms with E-state index in [2.05, 4.69) is 9.88 Å². The summed E-state index contributed by atoms with van der Waals surface area (Å²) in [5.74, 6) is 1.38. The van der Waals surface area contributed by atoms with Gasteiger partial charge in [0.15, 0.2) is 18.1 Å². The maximum atomic E-state index is 12.4. The standard InChI is InChI=1S/C21H25N3O5/c1-27-17-7-6-16(13-18(17)28-2)14-21(26)29-15-20(25)24-11-9-23(10-12-24)19-5-3-4-8-22-19/h3-8,13H,9-12,14-15H2,1-2H3. The topological polar surface area (TPSA) is 81.2 Å². The van der Waals surface area contributed by atoms with Crippen molar-refractivity contribution in [1.29, 1.82) is 0 Å². The summed E-state index contributed by atoms with van der Waals surface area (Å²) < 4.78 is 15.6. The van der Waals surface area contributed by atoms with E-state index >= 15 is 0 Å². The Morgan fingerprint density at radius 3 is 2.41 bits per heavy atom. The van der Waals surface area contributed by atoms with Crippen LogP contribution >= 0.6 is 0 Å². The molecule has 1 saturated heterocycles. The van der Waals surface area contributed by atoms with E-state index in [-0.39, 0.29) is 18.9 Å². The van der Waals surface area contributed by atoms with Gasteiger partial charge < -0.3 is 24.0 Å². The molecular weight excluding hydrogens is 374 g/mol. The van der Waals surface area contributed by atoms with Crippen molar-refractivity contribution in [3.05, 3.63) is 48.2 Å². The Hall–Kier alpha value is -3.29. The van der Waals surface area contributed by atoms with Gasteiger partial charge in [-0.05, 0) is 29.8 Å². The van der Waals surface area contributed by atoms with Crippen LogP contribution in [0.15, 0.2) is 42.6 Å². The van der Waals surface area contributed by atoms with Gasteiger partial charge in [0.1, 0.15) is 5.82 Å². The van der Waals surface area contributed by atoms with Crippen LogP contribution in [0, 0.1) is 0 Å². The summed E-state index contributed by atoms with van der Waals surface area (Å²) >= 11 is 0. The third-order valence-electron chi connectivity index (χ3n) is 4.76. The number of carbonyl (C=O) groups excluding carboxylic acids is 2. The minimum Gasteiger partial charge on any atom is -0.493 e. The zero-order valence-corrected chi connectivity index (χ0v) is 16.7. The number of aromatic nitrogens is 1. The Kier molecular flexibility index (Phi) is 6.89. The van der Waals surface area contributed by atoms with Crippen LogP contribution in [0.25, 0.3) is 0 Å². The van der Waals surface area contributed by atoms with Crippen LogP contribution in [-0.4, -0.2) is 68.8 Å². The number of carbonyl (C=O) groups is 2. The van der Waals surface area contributed by atoms with Gasteiger partial charge in [-0.2, -0.15) is 0 Å². The Morgan fingerprint density at radius 2 is 1.76 bits per heavy atom. The second kappa shape index (κ2) is 9.77. The minimum absolute atomic E-state index is 0.0566. The maximum absolute atomic E-state index is 12.4. The van der Waals surface area contributed by atoms with Gasteiger partial charge in [-0.3, -0.25) is 9.59 Å². The van der Waals surface area contributed by atoms with Gasteiger partial charge in [0.25, 0.3) is 5.91 Å². The van der Waals surface area contributed by atoms with Gasteiger partial charge in [-0.1, -0.05) is 12.1 Å². The van der Waals surface area contributed by atoms with Crippen molar-refractivity contribution in [2.75, 3.05) is 51.9 Å². The van der Waals surface area contributed by atoms with Crippen molar-refractivity contribution >= 4 is 17.7 Å². The molecule has 3 rings (SSSR count). The predicted octanol–water partition coefficient (Wildman–Crippen LogP) is 1.53. The highest BCUT2D eigenvalue weighted by atomic mass is 16.5. The zero-order valence-electron chi connectivity index (χ0n) is 16.7. The summed E-state index contributed by atoms with van der Waals surface area (Å²) in [6.45, 7) is 2.28. The fourth-order valence-electron chi connectivity index (χ4n) is 3.17. The molecule has 0 N–H and O–H groups in total. The molecule has 1 aliphatic heterocycles. The third-order valence-corrected chi connectivity index (χ3v) is 4.76. The van der Waals surface area contributed by atoms with E-state index in [1.54, 1.807) is 36.4 Å². The number of pyridine rings is 1. The third kappa shape index (κ3) is 5.37. The van der Waals surface area contributed by atoms with E-state index in [1.165, 1.54) is 7.11 Å². The summed E-state index contributed by atoms with van der Waals surface area (Å²) in [7, 11) is 3.08. The van der Waals surface area contributed by atoms with Crippen molar-refractivity contribution in [2.24, 2.45) is 0 Å². The molecular formula is C21H25N3O5. The number of anilines is 1. The molecule has 1 fully saturated rings. The number of rotatable bonds is 7. The lowest BCUT2D eigenvalue weighted by molar-refractivity contribution is -0.151. The molecule has 0 bridgehead atoms. The molecule has 8 nitrogen and oxygen atoms in total. The van der Waals surface area contributed by atoms with Crippen molar-refractivity contribution in [1.82, 2.24) is 9.88 Å². The predicted molar refractivity (Wildman–Crippen MR) is 107 cm³/mol. The quantitative estimate of drug-likeness (QED) is 0.653. The first-order chi connectivity index (χ1) is 14.1. The lowest BCUT2D eigenvalue weighted by atomic mass is 10.1. The summed E-state index contributed by atoms with van der Waals surface area (Å²) in [5.41, 5.74) is 0.726. The Morgan fingerprint density at radius 1 is 1.00 bits per heavy atom. The average molecular weight is 399 g/mol. The molecule has 29 heavy (non-hydrogen) atoms. The molecule has 1 aromatic carbocycles. The smallest absolute Gasteiger partial charge is 0.310 e. The molecule has 0 unspecified atom stereocenters. The first-order valence-electron chi connectivity index (χ1n) is 9.41. The number of piperazine rings is 1. The minimum atomic E-state index is -0.460. The number of esters is 1. The molecule has 1 aromatic heterocycles. The van der Waals surface area contributed by atoms with Crippen LogP contribution in [-0.2, 0) is 20.7 Å². The SMILES string of the molecule is COc1ccc(CC(=O)OCC(=O)N2CCN(c3ccccn3)CC2)cc1OC. The van der Waals surface area contributed by atoms with E-state index in [0.717, 1.165) is 11.4 Å². The van der Waals surface area contributed by atoms with Gasteiger partial charge >= 0.3 is 5.97 Å². The van der Waals surface area contributed by atoms with E-state index < -0.39 is 5.97 Å². The lowest BCUT2D eigenvalue weighted by Crippen LogP contribution is -2.50. The highest BCUT2D eigenvalue weighted by molar-refractivity contribution is 5.81. The fraction of sp³-hybridized carbons (Fsp3) is 0.381. The van der Waals surface area contributed by atoms with Gasteiger partial charge in [0.2, 0.25) is 0 Å². The number of hydrogen-bond acceptors (Lipinski definition) is 7. The summed E-state index contributed by atoms with van der Waals surface area (Å²) in [6, 6.07) is 11.0. The molecule has 8 heteroatoms. The monoisotopic (exact) mass is 399 g/mol. The van der Waals surface area contributed by atoms with Crippen molar-refractivity contribution in [2.45, 2.75) is 6.42 Å². The first-order valence-corrected chi connectivity index (χ1v) is 9.41. The van der Waals surface area contributed by atoms with Crippen molar-refractivity contribution in [3.8, 4) is 11.5 Å². The largest absolute Gasteiger partial charge is 0.493 e. The van der Waals surface area contributed by atoms with Gasteiger partial charge in [-0.15, -0.1) is 0 Å². The van der Waals surface area contributed by atoms with Gasteiger partial charge in [-0.25, -0.2) is 4.98 Å². The van der Waals surface area contributed by atoms with Crippen LogP contribution in [0.2, 0.25) is 0 Å². The molecule has 0 saturated carbocycles. The van der Waals surface area contributed by atoms with E-state index in [0.29, 0.717) is 37.7 Å². The highest BCUT2D eigenvalue weighted by Crippen LogP contribution is 2.27. The number of ether oxygens (including phenoxy) is 3. The average Bonchev–Trinajstić information content (AvgIpc) is 2.78. The molecule has 1 aliphatic rings. The van der Waals surface area contributed by atoms with Gasteiger partial charge in [0.05, 0.1) is 20.6 Å². The van der Waals surface area contributed by atoms with Crippen LogP contribution < -0.4 is 14.4 Å². The fourth-order valence-corrected chi connectivity index (χ4v) is 3.17. The molecule has 2 aromatic rings. The van der Waals surface area contributed by atoms with Crippen LogP contribution in [0.1, 0.15) is 5.56 Å². The number of benzene rings is 1. The number of methoxy groups -OCH3 is 2. The van der Waals surface area contributed by atoms with Crippen molar-refractivity contribution < 1.29 is 23.8 Å². The number of nitrogens with zero attached hydrogens (tertiary/aromatic N) is 3. The van der Waals surface area contributed by atoms with Crippen molar-refractivity contribution in [3.63, 3.8) is 0 Å². The summed E-state index contributed by atoms with van der Waals surface area (Å²) in [4.78, 5) is 32.6. The molecule has 0 atom stereocenters. The maximum Gasteiger partial charge on any atom is 0.310 e. The number of amides is 1. The molecule has 0 radical (unpaired) electrons. The highest BCUT2D eigenvalue weighted by Gasteiger charge is 2.22. The Labute approximate surface area is 170 Å². The molecule has 1 amide bonds. The van der Waals surface area contributed by atoms with E-state index in [9.17, 15) is 9.59 Å². The van der Waals surface area contributed by atoms with Crippen LogP contribution in [0.4, 0.5) is 5.82 Å². The van der Waals surface area contributed by atoms with Gasteiger partial charge in [0, 0.05) is 32.4 Å². The zero-order chi connectivity index (χ0) is 20.6. The van der Waals surface area contributed by atoms with Crippen LogP contribution in [0.5, 0.6) is 11.5 Å². The lowest BCUT2D eigenvalue weighted by Gasteiger charge is -2.35. The summed E-state index contributed by atoms with van der Waals surface area (Å²) in [6.07, 6.45) is 1.81. The summed E-state index contributed by atoms with van der Waals surface area (Å²) in [5, 5.41) is 0. The van der Waals surface area contributed by atoms with Crippen LogP contribution in [0.3, 0.4) is 0 Å². The second-order valence-electron chi connectivity index (χ2n) is 6.58. The normalized spacial score (nSPS) is 13.7. The molecule has 0 spiro atoms. The Bertz CT molecular complexity index is 835. The molecule has 0 aliphatic carbocycles. The second-order valence-corrected chi connectivity index (χ2v) is 6.58. The Balaban J connectivity index is 1.44. The van der Waals surface area contributed by atoms with E-state index in [1.807, 2.05) is 18.2 Å². The molecule has 154 valence electrons. The number of hydrogen-bond donors (Lipinski definition) is 0. The van der Waals surface area contributed by atoms with E-state index in [4.69, 9.17) is 14.2 Å². The first kappa shape index (κ1) is 20.4. The molecule has 2 heterocycles.